The minimum Gasteiger partial charge on any atom is -0.405 e. The molecule has 0 heterocycles. The minimum atomic E-state index is -4.69. The normalized spacial score (nSPS) is 13.7. The zero-order valence-corrected chi connectivity index (χ0v) is 11.1. The monoisotopic (exact) mass is 280 g/mol. The van der Waals surface area contributed by atoms with Gasteiger partial charge in [0.05, 0.1) is 5.38 Å². The number of benzene rings is 1. The second-order valence-electron chi connectivity index (χ2n) is 4.52. The fraction of sp³-hybridized carbons (Fsp3) is 0.538. The Morgan fingerprint density at radius 3 is 2.33 bits per heavy atom. The van der Waals surface area contributed by atoms with Gasteiger partial charge < -0.3 is 4.74 Å². The summed E-state index contributed by atoms with van der Waals surface area (Å²) >= 11 is 6.14. The standard InChI is InChI=1S/C13H16ClF3O/c1-9(2)7-8-11(14)10-5-3-4-6-12(10)18-13(15,16)17/h3-6,9,11H,7-8H2,1-2H3. The first kappa shape index (κ1) is 15.2. The quantitative estimate of drug-likeness (QED) is 0.665. The Morgan fingerprint density at radius 1 is 1.17 bits per heavy atom. The molecular weight excluding hydrogens is 265 g/mol. The summed E-state index contributed by atoms with van der Waals surface area (Å²) in [6.07, 6.45) is -3.21. The van der Waals surface area contributed by atoms with E-state index in [-0.39, 0.29) is 5.75 Å². The van der Waals surface area contributed by atoms with E-state index in [4.69, 9.17) is 11.6 Å². The van der Waals surface area contributed by atoms with Crippen molar-refractivity contribution in [2.24, 2.45) is 5.92 Å². The van der Waals surface area contributed by atoms with E-state index >= 15 is 0 Å². The van der Waals surface area contributed by atoms with E-state index in [0.29, 0.717) is 17.9 Å². The highest BCUT2D eigenvalue weighted by Crippen LogP contribution is 2.36. The fourth-order valence-corrected chi connectivity index (χ4v) is 1.90. The third kappa shape index (κ3) is 5.17. The lowest BCUT2D eigenvalue weighted by Crippen LogP contribution is -2.18. The van der Waals surface area contributed by atoms with E-state index in [2.05, 4.69) is 4.74 Å². The van der Waals surface area contributed by atoms with Gasteiger partial charge in [0.1, 0.15) is 5.75 Å². The summed E-state index contributed by atoms with van der Waals surface area (Å²) < 4.78 is 40.7. The second kappa shape index (κ2) is 6.32. The molecule has 1 nitrogen and oxygen atoms in total. The predicted octanol–water partition coefficient (Wildman–Crippen LogP) is 5.30. The Balaban J connectivity index is 2.81. The zero-order valence-electron chi connectivity index (χ0n) is 10.3. The number of hydrogen-bond donors (Lipinski definition) is 0. The Bertz CT molecular complexity index is 377. The van der Waals surface area contributed by atoms with Crippen LogP contribution in [-0.4, -0.2) is 6.36 Å². The molecule has 5 heteroatoms. The van der Waals surface area contributed by atoms with Crippen LogP contribution in [0.25, 0.3) is 0 Å². The SMILES string of the molecule is CC(C)CCC(Cl)c1ccccc1OC(F)(F)F. The molecule has 18 heavy (non-hydrogen) atoms. The molecular formula is C13H16ClF3O. The first-order valence-corrected chi connectivity index (χ1v) is 6.22. The maximum atomic E-state index is 12.2. The van der Waals surface area contributed by atoms with Crippen molar-refractivity contribution in [3.8, 4) is 5.75 Å². The van der Waals surface area contributed by atoms with Crippen molar-refractivity contribution in [2.45, 2.75) is 38.4 Å². The molecule has 0 spiro atoms. The van der Waals surface area contributed by atoms with Gasteiger partial charge in [-0.05, 0) is 24.8 Å². The van der Waals surface area contributed by atoms with Crippen molar-refractivity contribution in [3.63, 3.8) is 0 Å². The maximum absolute atomic E-state index is 12.2. The van der Waals surface area contributed by atoms with Gasteiger partial charge in [-0.2, -0.15) is 0 Å². The van der Waals surface area contributed by atoms with Crippen LogP contribution in [0.5, 0.6) is 5.75 Å². The van der Waals surface area contributed by atoms with Crippen LogP contribution in [0.2, 0.25) is 0 Å². The summed E-state index contributed by atoms with van der Waals surface area (Å²) in [6.45, 7) is 4.09. The van der Waals surface area contributed by atoms with Gasteiger partial charge in [-0.25, -0.2) is 0 Å². The van der Waals surface area contributed by atoms with Crippen LogP contribution in [0.15, 0.2) is 24.3 Å². The van der Waals surface area contributed by atoms with Crippen molar-refractivity contribution < 1.29 is 17.9 Å². The molecule has 0 aromatic heterocycles. The van der Waals surface area contributed by atoms with E-state index in [1.54, 1.807) is 12.1 Å². The van der Waals surface area contributed by atoms with Crippen LogP contribution in [0.1, 0.15) is 37.6 Å². The first-order valence-electron chi connectivity index (χ1n) is 5.78. The molecule has 0 amide bonds. The number of para-hydroxylation sites is 1. The minimum absolute atomic E-state index is 0.214. The average molecular weight is 281 g/mol. The Labute approximate surface area is 110 Å². The van der Waals surface area contributed by atoms with Crippen molar-refractivity contribution in [1.29, 1.82) is 0 Å². The van der Waals surface area contributed by atoms with Crippen molar-refractivity contribution in [3.05, 3.63) is 29.8 Å². The molecule has 0 saturated carbocycles. The van der Waals surface area contributed by atoms with Gasteiger partial charge in [-0.3, -0.25) is 0 Å². The van der Waals surface area contributed by atoms with Crippen LogP contribution in [0.3, 0.4) is 0 Å². The Hall–Kier alpha value is -0.900. The lowest BCUT2D eigenvalue weighted by atomic mass is 10.0. The predicted molar refractivity (Wildman–Crippen MR) is 65.8 cm³/mol. The van der Waals surface area contributed by atoms with Crippen LogP contribution in [0, 0.1) is 5.92 Å². The third-order valence-electron chi connectivity index (χ3n) is 2.48. The van der Waals surface area contributed by atoms with Gasteiger partial charge in [-0.1, -0.05) is 32.0 Å². The van der Waals surface area contributed by atoms with E-state index in [0.717, 1.165) is 6.42 Å². The third-order valence-corrected chi connectivity index (χ3v) is 2.93. The Kier molecular flexibility index (Phi) is 5.32. The summed E-state index contributed by atoms with van der Waals surface area (Å²) in [6, 6.07) is 6.01. The maximum Gasteiger partial charge on any atom is 0.573 e. The average Bonchev–Trinajstić information content (AvgIpc) is 2.24. The Morgan fingerprint density at radius 2 is 1.78 bits per heavy atom. The fourth-order valence-electron chi connectivity index (χ4n) is 1.59. The molecule has 1 unspecified atom stereocenters. The highest BCUT2D eigenvalue weighted by atomic mass is 35.5. The smallest absolute Gasteiger partial charge is 0.405 e. The molecule has 0 N–H and O–H groups in total. The lowest BCUT2D eigenvalue weighted by molar-refractivity contribution is -0.274. The van der Waals surface area contributed by atoms with E-state index in [1.165, 1.54) is 12.1 Å². The van der Waals surface area contributed by atoms with Crippen molar-refractivity contribution >= 4 is 11.6 Å². The second-order valence-corrected chi connectivity index (χ2v) is 5.05. The molecule has 1 atom stereocenters. The molecule has 0 aliphatic heterocycles. The van der Waals surface area contributed by atoms with Crippen LogP contribution >= 0.6 is 11.6 Å². The molecule has 0 aliphatic carbocycles. The molecule has 0 saturated heterocycles. The van der Waals surface area contributed by atoms with Crippen LogP contribution in [-0.2, 0) is 0 Å². The highest BCUT2D eigenvalue weighted by molar-refractivity contribution is 6.21. The highest BCUT2D eigenvalue weighted by Gasteiger charge is 2.32. The lowest BCUT2D eigenvalue weighted by Gasteiger charge is -2.17. The zero-order chi connectivity index (χ0) is 13.8. The molecule has 0 fully saturated rings. The molecule has 0 radical (unpaired) electrons. The van der Waals surface area contributed by atoms with Crippen LogP contribution in [0.4, 0.5) is 13.2 Å². The molecule has 1 rings (SSSR count). The summed E-state index contributed by atoms with van der Waals surface area (Å²) in [5, 5.41) is -0.467. The number of rotatable bonds is 5. The van der Waals surface area contributed by atoms with Gasteiger partial charge >= 0.3 is 6.36 Å². The van der Waals surface area contributed by atoms with Gasteiger partial charge in [0, 0.05) is 5.56 Å². The van der Waals surface area contributed by atoms with Gasteiger partial charge in [0.25, 0.3) is 0 Å². The summed E-state index contributed by atoms with van der Waals surface area (Å²) in [4.78, 5) is 0. The van der Waals surface area contributed by atoms with Gasteiger partial charge in [-0.15, -0.1) is 24.8 Å². The largest absolute Gasteiger partial charge is 0.573 e. The molecule has 0 bridgehead atoms. The van der Waals surface area contributed by atoms with E-state index in [1.807, 2.05) is 13.8 Å². The number of ether oxygens (including phenoxy) is 1. The summed E-state index contributed by atoms with van der Waals surface area (Å²) in [5.41, 5.74) is 0.386. The number of halogens is 4. The molecule has 1 aromatic rings. The van der Waals surface area contributed by atoms with Gasteiger partial charge in [0.2, 0.25) is 0 Å². The molecule has 0 aliphatic rings. The summed E-state index contributed by atoms with van der Waals surface area (Å²) in [7, 11) is 0. The number of alkyl halides is 4. The van der Waals surface area contributed by atoms with Crippen LogP contribution < -0.4 is 4.74 Å². The molecule has 1 aromatic carbocycles. The van der Waals surface area contributed by atoms with Gasteiger partial charge in [0.15, 0.2) is 0 Å². The summed E-state index contributed by atoms with van der Waals surface area (Å²) in [5.74, 6) is 0.246. The number of hydrogen-bond acceptors (Lipinski definition) is 1. The first-order chi connectivity index (χ1) is 8.29. The van der Waals surface area contributed by atoms with E-state index < -0.39 is 11.7 Å². The van der Waals surface area contributed by atoms with E-state index in [9.17, 15) is 13.2 Å². The topological polar surface area (TPSA) is 9.23 Å². The molecule has 102 valence electrons. The van der Waals surface area contributed by atoms with Crippen molar-refractivity contribution in [2.75, 3.05) is 0 Å². The van der Waals surface area contributed by atoms with Crippen molar-refractivity contribution in [1.82, 2.24) is 0 Å².